The van der Waals surface area contributed by atoms with Gasteiger partial charge in [0.1, 0.15) is 0 Å². The van der Waals surface area contributed by atoms with Gasteiger partial charge in [-0.1, -0.05) is 20.8 Å². The third-order valence-electron chi connectivity index (χ3n) is 5.41. The van der Waals surface area contributed by atoms with Crippen molar-refractivity contribution in [3.8, 4) is 0 Å². The first-order chi connectivity index (χ1) is 8.13. The lowest BCUT2D eigenvalue weighted by atomic mass is 9.69. The van der Waals surface area contributed by atoms with Crippen LogP contribution < -0.4 is 10.5 Å². The van der Waals surface area contributed by atoms with Crippen LogP contribution >= 0.6 is 0 Å². The quantitative estimate of drug-likeness (QED) is 0.815. The molecule has 4 nitrogen and oxygen atoms in total. The Morgan fingerprint density at radius 3 is 2.44 bits per heavy atom. The van der Waals surface area contributed by atoms with Gasteiger partial charge in [0.25, 0.3) is 0 Å². The molecule has 3 N–H and O–H groups in total. The van der Waals surface area contributed by atoms with Crippen LogP contribution in [-0.4, -0.2) is 26.3 Å². The number of hydrogen-bond acceptors (Lipinski definition) is 3. The summed E-state index contributed by atoms with van der Waals surface area (Å²) in [6, 6.07) is 0.0442. The Bertz CT molecular complexity index is 428. The van der Waals surface area contributed by atoms with Crippen molar-refractivity contribution in [2.75, 3.05) is 6.54 Å². The number of nitrogens with two attached hydrogens (primary N) is 1. The molecular formula is C13H26N2O2S. The van der Waals surface area contributed by atoms with E-state index in [-0.39, 0.29) is 23.4 Å². The maximum atomic E-state index is 12.2. The van der Waals surface area contributed by atoms with Crippen LogP contribution in [0.2, 0.25) is 0 Å². The maximum Gasteiger partial charge on any atom is 0.215 e. The fourth-order valence-electron chi connectivity index (χ4n) is 4.00. The van der Waals surface area contributed by atoms with Crippen molar-refractivity contribution in [3.05, 3.63) is 0 Å². The second kappa shape index (κ2) is 4.18. The third kappa shape index (κ3) is 2.00. The maximum absolute atomic E-state index is 12.2. The van der Waals surface area contributed by atoms with Crippen molar-refractivity contribution in [1.82, 2.24) is 4.72 Å². The molecular weight excluding hydrogens is 248 g/mol. The highest BCUT2D eigenvalue weighted by atomic mass is 32.2. The molecule has 2 rings (SSSR count). The predicted octanol–water partition coefficient (Wildman–Crippen LogP) is 1.47. The minimum atomic E-state index is -3.30. The largest absolute Gasteiger partial charge is 0.329 e. The van der Waals surface area contributed by atoms with Crippen LogP contribution in [0.15, 0.2) is 0 Å². The molecule has 2 aliphatic carbocycles. The van der Waals surface area contributed by atoms with E-state index < -0.39 is 15.3 Å². The topological polar surface area (TPSA) is 72.2 Å². The number of nitrogens with one attached hydrogen (secondary N) is 1. The zero-order valence-electron chi connectivity index (χ0n) is 11.9. The Morgan fingerprint density at radius 2 is 2.00 bits per heavy atom. The van der Waals surface area contributed by atoms with Crippen LogP contribution in [0.4, 0.5) is 0 Å². The summed E-state index contributed by atoms with van der Waals surface area (Å²) in [6.45, 7) is 8.46. The Balaban J connectivity index is 2.24. The van der Waals surface area contributed by atoms with Crippen molar-refractivity contribution in [3.63, 3.8) is 0 Å². The van der Waals surface area contributed by atoms with Crippen LogP contribution in [0.25, 0.3) is 0 Å². The van der Waals surface area contributed by atoms with Gasteiger partial charge in [-0.2, -0.15) is 0 Å². The van der Waals surface area contributed by atoms with Crippen LogP contribution in [0.3, 0.4) is 0 Å². The molecule has 2 bridgehead atoms. The summed E-state index contributed by atoms with van der Waals surface area (Å²) in [5, 5.41) is -0.518. The van der Waals surface area contributed by atoms with Crippen molar-refractivity contribution < 1.29 is 8.42 Å². The van der Waals surface area contributed by atoms with E-state index in [0.29, 0.717) is 5.92 Å². The minimum absolute atomic E-state index is 0.0442. The first kappa shape index (κ1) is 14.3. The summed E-state index contributed by atoms with van der Waals surface area (Å²) in [5.74, 6) is 0.642. The predicted molar refractivity (Wildman–Crippen MR) is 73.6 cm³/mol. The van der Waals surface area contributed by atoms with E-state index in [2.05, 4.69) is 25.5 Å². The summed E-state index contributed by atoms with van der Waals surface area (Å²) >= 11 is 0. The summed E-state index contributed by atoms with van der Waals surface area (Å²) in [6.07, 6.45) is 3.50. The van der Waals surface area contributed by atoms with Crippen LogP contribution in [0.5, 0.6) is 0 Å². The summed E-state index contributed by atoms with van der Waals surface area (Å²) in [4.78, 5) is 0. The van der Waals surface area contributed by atoms with E-state index in [1.54, 1.807) is 6.92 Å². The summed E-state index contributed by atoms with van der Waals surface area (Å²) < 4.78 is 27.4. The lowest BCUT2D eigenvalue weighted by Gasteiger charge is -2.43. The molecule has 0 saturated heterocycles. The minimum Gasteiger partial charge on any atom is -0.329 e. The molecule has 0 aromatic rings. The van der Waals surface area contributed by atoms with E-state index in [0.717, 1.165) is 12.8 Å². The summed E-state index contributed by atoms with van der Waals surface area (Å²) in [5.41, 5.74) is 5.66. The van der Waals surface area contributed by atoms with Gasteiger partial charge in [-0.05, 0) is 42.9 Å². The molecule has 106 valence electrons. The van der Waals surface area contributed by atoms with Crippen LogP contribution in [0, 0.1) is 16.7 Å². The standard InChI is InChI=1S/C13H26N2O2S/c1-9(8-14)18(16,17)15-11-12(2,3)10-5-6-13(11,4)7-10/h9-11,15H,5-8,14H2,1-4H3. The Labute approximate surface area is 111 Å². The molecule has 5 heteroatoms. The van der Waals surface area contributed by atoms with Gasteiger partial charge in [-0.15, -0.1) is 0 Å². The third-order valence-corrected chi connectivity index (χ3v) is 7.23. The smallest absolute Gasteiger partial charge is 0.215 e. The lowest BCUT2D eigenvalue weighted by Crippen LogP contribution is -2.54. The molecule has 0 amide bonds. The second-order valence-corrected chi connectivity index (χ2v) is 9.19. The number of sulfonamides is 1. The lowest BCUT2D eigenvalue weighted by molar-refractivity contribution is 0.127. The molecule has 0 heterocycles. The molecule has 0 aromatic heterocycles. The first-order valence-electron chi connectivity index (χ1n) is 6.85. The number of fused-ring (bicyclic) bond motifs is 2. The molecule has 0 aliphatic heterocycles. The van der Waals surface area contributed by atoms with Crippen LogP contribution in [-0.2, 0) is 10.0 Å². The van der Waals surface area contributed by atoms with Gasteiger partial charge < -0.3 is 5.73 Å². The van der Waals surface area contributed by atoms with Gasteiger partial charge in [0, 0.05) is 12.6 Å². The van der Waals surface area contributed by atoms with Gasteiger partial charge in [0.2, 0.25) is 10.0 Å². The first-order valence-corrected chi connectivity index (χ1v) is 8.39. The zero-order chi connectivity index (χ0) is 13.8. The summed E-state index contributed by atoms with van der Waals surface area (Å²) in [7, 11) is -3.30. The molecule has 4 unspecified atom stereocenters. The van der Waals surface area contributed by atoms with Gasteiger partial charge >= 0.3 is 0 Å². The average molecular weight is 274 g/mol. The van der Waals surface area contributed by atoms with Gasteiger partial charge in [-0.3, -0.25) is 0 Å². The highest BCUT2D eigenvalue weighted by Crippen LogP contribution is 2.62. The Morgan fingerprint density at radius 1 is 1.39 bits per heavy atom. The van der Waals surface area contributed by atoms with E-state index in [1.165, 1.54) is 6.42 Å². The van der Waals surface area contributed by atoms with Gasteiger partial charge in [0.15, 0.2) is 0 Å². The molecule has 0 aromatic carbocycles. The Kier molecular flexibility index (Phi) is 3.32. The van der Waals surface area contributed by atoms with Crippen LogP contribution in [0.1, 0.15) is 47.0 Å². The number of rotatable bonds is 4. The van der Waals surface area contributed by atoms with Gasteiger partial charge in [-0.25, -0.2) is 13.1 Å². The average Bonchev–Trinajstić information content (AvgIpc) is 2.74. The molecule has 0 radical (unpaired) electrons. The van der Waals surface area contributed by atoms with Crippen molar-refractivity contribution >= 4 is 10.0 Å². The molecule has 2 saturated carbocycles. The SMILES string of the molecule is CC(CN)S(=O)(=O)NC1C2(C)CCC(C2)C1(C)C. The van der Waals surface area contributed by atoms with Crippen molar-refractivity contribution in [2.24, 2.45) is 22.5 Å². The van der Waals surface area contributed by atoms with E-state index in [1.807, 2.05) is 0 Å². The molecule has 4 atom stereocenters. The zero-order valence-corrected chi connectivity index (χ0v) is 12.7. The van der Waals surface area contributed by atoms with E-state index in [9.17, 15) is 8.42 Å². The molecule has 2 fully saturated rings. The molecule has 2 aliphatic rings. The number of hydrogen-bond donors (Lipinski definition) is 2. The molecule has 0 spiro atoms. The Hall–Kier alpha value is -0.130. The fourth-order valence-corrected chi connectivity index (χ4v) is 5.41. The second-order valence-electron chi connectivity index (χ2n) is 7.06. The van der Waals surface area contributed by atoms with E-state index >= 15 is 0 Å². The highest BCUT2D eigenvalue weighted by Gasteiger charge is 2.60. The van der Waals surface area contributed by atoms with Crippen molar-refractivity contribution in [2.45, 2.75) is 58.2 Å². The normalized spacial score (nSPS) is 40.1. The van der Waals surface area contributed by atoms with Gasteiger partial charge in [0.05, 0.1) is 5.25 Å². The molecule has 18 heavy (non-hydrogen) atoms. The monoisotopic (exact) mass is 274 g/mol. The highest BCUT2D eigenvalue weighted by molar-refractivity contribution is 7.90. The van der Waals surface area contributed by atoms with Crippen molar-refractivity contribution in [1.29, 1.82) is 0 Å². The van der Waals surface area contributed by atoms with E-state index in [4.69, 9.17) is 5.73 Å². The fraction of sp³-hybridized carbons (Fsp3) is 1.00.